The average Bonchev–Trinajstić information content (AvgIpc) is 2.45. The summed E-state index contributed by atoms with van der Waals surface area (Å²) < 4.78 is 0. The van der Waals surface area contributed by atoms with Crippen molar-refractivity contribution in [3.8, 4) is 0 Å². The maximum absolute atomic E-state index is 11.3. The average molecular weight is 260 g/mol. The summed E-state index contributed by atoms with van der Waals surface area (Å²) in [4.78, 5) is 13.2. The number of hydrogen-bond donors (Lipinski definition) is 1. The van der Waals surface area contributed by atoms with Crippen LogP contribution in [-0.4, -0.2) is 29.9 Å². The molecule has 0 saturated carbocycles. The van der Waals surface area contributed by atoms with Crippen molar-refractivity contribution < 1.29 is 4.79 Å². The Morgan fingerprint density at radius 1 is 1.26 bits per heavy atom. The zero-order valence-electron chi connectivity index (χ0n) is 12.0. The number of nitrogens with zero attached hydrogens (tertiary/aromatic N) is 1. The fourth-order valence-electron chi connectivity index (χ4n) is 2.73. The highest BCUT2D eigenvalue weighted by molar-refractivity contribution is 5.73. The molecule has 1 fully saturated rings. The van der Waals surface area contributed by atoms with Crippen LogP contribution in [0, 0.1) is 0 Å². The van der Waals surface area contributed by atoms with E-state index in [9.17, 15) is 4.79 Å². The zero-order valence-corrected chi connectivity index (χ0v) is 12.0. The van der Waals surface area contributed by atoms with E-state index in [4.69, 9.17) is 0 Å². The molecule has 0 aromatic heterocycles. The van der Waals surface area contributed by atoms with Gasteiger partial charge in [0.15, 0.2) is 0 Å². The van der Waals surface area contributed by atoms with E-state index in [2.05, 4.69) is 36.5 Å². The Morgan fingerprint density at radius 2 is 1.89 bits per heavy atom. The Kier molecular flexibility index (Phi) is 4.97. The van der Waals surface area contributed by atoms with Crippen molar-refractivity contribution in [2.45, 2.75) is 45.7 Å². The zero-order chi connectivity index (χ0) is 13.7. The van der Waals surface area contributed by atoms with Gasteiger partial charge in [-0.3, -0.25) is 4.79 Å². The van der Waals surface area contributed by atoms with Crippen molar-refractivity contribution in [2.24, 2.45) is 0 Å². The van der Waals surface area contributed by atoms with Crippen LogP contribution in [0.1, 0.15) is 37.8 Å². The molecule has 0 radical (unpaired) electrons. The highest BCUT2D eigenvalue weighted by Gasteiger charge is 2.20. The molecule has 2 rings (SSSR count). The molecule has 0 spiro atoms. The van der Waals surface area contributed by atoms with Crippen LogP contribution in [-0.2, 0) is 17.8 Å². The maximum Gasteiger partial charge on any atom is 0.219 e. The second-order valence-corrected chi connectivity index (χ2v) is 5.28. The van der Waals surface area contributed by atoms with Gasteiger partial charge >= 0.3 is 0 Å². The molecule has 0 bridgehead atoms. The molecule has 1 N–H and O–H groups in total. The van der Waals surface area contributed by atoms with Crippen LogP contribution in [0.15, 0.2) is 24.3 Å². The van der Waals surface area contributed by atoms with Crippen LogP contribution in [0.25, 0.3) is 0 Å². The Morgan fingerprint density at radius 3 is 2.47 bits per heavy atom. The molecular formula is C16H24N2O. The van der Waals surface area contributed by atoms with Gasteiger partial charge in [-0.25, -0.2) is 0 Å². The van der Waals surface area contributed by atoms with Crippen LogP contribution in [0.5, 0.6) is 0 Å². The predicted octanol–water partition coefficient (Wildman–Crippen LogP) is 2.35. The molecule has 1 amide bonds. The van der Waals surface area contributed by atoms with Crippen LogP contribution < -0.4 is 5.32 Å². The van der Waals surface area contributed by atoms with E-state index in [1.807, 2.05) is 4.90 Å². The van der Waals surface area contributed by atoms with Crippen molar-refractivity contribution in [3.05, 3.63) is 35.4 Å². The van der Waals surface area contributed by atoms with Crippen molar-refractivity contribution >= 4 is 5.91 Å². The van der Waals surface area contributed by atoms with Gasteiger partial charge in [0, 0.05) is 32.6 Å². The van der Waals surface area contributed by atoms with E-state index in [-0.39, 0.29) is 5.91 Å². The smallest absolute Gasteiger partial charge is 0.219 e. The predicted molar refractivity (Wildman–Crippen MR) is 77.9 cm³/mol. The molecule has 1 aromatic carbocycles. The number of likely N-dealkylation sites (tertiary alicyclic amines) is 1. The summed E-state index contributed by atoms with van der Waals surface area (Å²) in [5.74, 6) is 0.203. The summed E-state index contributed by atoms with van der Waals surface area (Å²) in [5, 5.41) is 3.63. The number of rotatable bonds is 4. The third-order valence-corrected chi connectivity index (χ3v) is 4.02. The fourth-order valence-corrected chi connectivity index (χ4v) is 2.73. The first kappa shape index (κ1) is 14.1. The van der Waals surface area contributed by atoms with Crippen molar-refractivity contribution in [1.29, 1.82) is 0 Å². The third kappa shape index (κ3) is 3.80. The van der Waals surface area contributed by atoms with Gasteiger partial charge in [0.05, 0.1) is 0 Å². The quantitative estimate of drug-likeness (QED) is 0.901. The summed E-state index contributed by atoms with van der Waals surface area (Å²) in [5.41, 5.74) is 2.83. The number of carbonyl (C=O) groups excluding carboxylic acids is 1. The Bertz CT molecular complexity index is 423. The minimum Gasteiger partial charge on any atom is -0.343 e. The number of amides is 1. The maximum atomic E-state index is 11.3. The Hall–Kier alpha value is -1.35. The Balaban J connectivity index is 1.82. The lowest BCUT2D eigenvalue weighted by molar-refractivity contribution is -0.129. The number of aryl methyl sites for hydroxylation is 1. The van der Waals surface area contributed by atoms with Crippen LogP contribution in [0.3, 0.4) is 0 Å². The fraction of sp³-hybridized carbons (Fsp3) is 0.562. The van der Waals surface area contributed by atoms with Gasteiger partial charge in [-0.1, -0.05) is 31.2 Å². The first-order valence-corrected chi connectivity index (χ1v) is 7.26. The second kappa shape index (κ2) is 6.71. The minimum atomic E-state index is 0.203. The van der Waals surface area contributed by atoms with E-state index < -0.39 is 0 Å². The topological polar surface area (TPSA) is 32.3 Å². The molecule has 1 aliphatic rings. The van der Waals surface area contributed by atoms with Gasteiger partial charge in [0.25, 0.3) is 0 Å². The molecule has 1 aromatic rings. The highest BCUT2D eigenvalue weighted by Crippen LogP contribution is 2.13. The lowest BCUT2D eigenvalue weighted by Gasteiger charge is -2.32. The normalized spacial score (nSPS) is 16.6. The van der Waals surface area contributed by atoms with Crippen molar-refractivity contribution in [3.63, 3.8) is 0 Å². The first-order valence-electron chi connectivity index (χ1n) is 7.26. The van der Waals surface area contributed by atoms with Gasteiger partial charge in [-0.05, 0) is 30.4 Å². The number of benzene rings is 1. The molecule has 0 unspecified atom stereocenters. The summed E-state index contributed by atoms with van der Waals surface area (Å²) in [6.45, 7) is 6.58. The molecule has 0 aliphatic carbocycles. The molecule has 3 heteroatoms. The van der Waals surface area contributed by atoms with Crippen molar-refractivity contribution in [1.82, 2.24) is 10.2 Å². The van der Waals surface area contributed by atoms with E-state index >= 15 is 0 Å². The van der Waals surface area contributed by atoms with E-state index in [0.717, 1.165) is 38.9 Å². The molecule has 104 valence electrons. The number of hydrogen-bond acceptors (Lipinski definition) is 2. The van der Waals surface area contributed by atoms with Gasteiger partial charge in [0.2, 0.25) is 5.91 Å². The second-order valence-electron chi connectivity index (χ2n) is 5.28. The summed E-state index contributed by atoms with van der Waals surface area (Å²) in [7, 11) is 0. The third-order valence-electron chi connectivity index (χ3n) is 4.02. The monoisotopic (exact) mass is 260 g/mol. The van der Waals surface area contributed by atoms with Crippen LogP contribution in [0.4, 0.5) is 0 Å². The first-order chi connectivity index (χ1) is 9.20. The molecule has 1 heterocycles. The van der Waals surface area contributed by atoms with Crippen LogP contribution in [0.2, 0.25) is 0 Å². The van der Waals surface area contributed by atoms with Gasteiger partial charge < -0.3 is 10.2 Å². The molecule has 1 aliphatic heterocycles. The molecule has 1 saturated heterocycles. The minimum absolute atomic E-state index is 0.203. The van der Waals surface area contributed by atoms with Crippen LogP contribution >= 0.6 is 0 Å². The van der Waals surface area contributed by atoms with E-state index in [1.165, 1.54) is 11.1 Å². The summed E-state index contributed by atoms with van der Waals surface area (Å²) in [6, 6.07) is 9.16. The molecule has 19 heavy (non-hydrogen) atoms. The van der Waals surface area contributed by atoms with E-state index in [1.54, 1.807) is 6.92 Å². The summed E-state index contributed by atoms with van der Waals surface area (Å²) >= 11 is 0. The van der Waals surface area contributed by atoms with Gasteiger partial charge in [0.1, 0.15) is 0 Å². The number of carbonyl (C=O) groups is 1. The Labute approximate surface area is 116 Å². The lowest BCUT2D eigenvalue weighted by atomic mass is 10.0. The number of nitrogens with one attached hydrogen (secondary N) is 1. The lowest BCUT2D eigenvalue weighted by Crippen LogP contribution is -2.44. The summed E-state index contributed by atoms with van der Waals surface area (Å²) in [6.07, 6.45) is 3.21. The number of piperidine rings is 1. The largest absolute Gasteiger partial charge is 0.343 e. The molecular weight excluding hydrogens is 236 g/mol. The highest BCUT2D eigenvalue weighted by atomic mass is 16.2. The van der Waals surface area contributed by atoms with Gasteiger partial charge in [-0.2, -0.15) is 0 Å². The molecule has 0 atom stereocenters. The van der Waals surface area contributed by atoms with Crippen molar-refractivity contribution in [2.75, 3.05) is 13.1 Å². The molecule has 3 nitrogen and oxygen atoms in total. The van der Waals surface area contributed by atoms with Gasteiger partial charge in [-0.15, -0.1) is 0 Å². The SMILES string of the molecule is CCc1ccccc1CNC1CCN(C(C)=O)CC1. The van der Waals surface area contributed by atoms with E-state index in [0.29, 0.717) is 6.04 Å². The standard InChI is InChI=1S/C16H24N2O/c1-3-14-6-4-5-7-15(14)12-17-16-8-10-18(11-9-16)13(2)19/h4-7,16-17H,3,8-12H2,1-2H3.